The van der Waals surface area contributed by atoms with Gasteiger partial charge in [0.05, 0.1) is 12.6 Å². The van der Waals surface area contributed by atoms with Crippen molar-refractivity contribution in [1.29, 1.82) is 0 Å². The number of carbonyl (C=O) groups excluding carboxylic acids is 3. The number of hydrogen-bond donors (Lipinski definition) is 7. The van der Waals surface area contributed by atoms with Gasteiger partial charge in [0.15, 0.2) is 0 Å². The van der Waals surface area contributed by atoms with Crippen LogP contribution in [0, 0.1) is 0 Å². The fourth-order valence-corrected chi connectivity index (χ4v) is 3.20. The minimum atomic E-state index is -1.23. The first kappa shape index (κ1) is 26.6. The smallest absolute Gasteiger partial charge is 0.327 e. The lowest BCUT2D eigenvalue weighted by Gasteiger charge is -2.21. The molecular formula is C19H28N4O6S2. The van der Waals surface area contributed by atoms with Gasteiger partial charge in [0.2, 0.25) is 17.7 Å². The summed E-state index contributed by atoms with van der Waals surface area (Å²) in [7, 11) is 0. The number of aliphatic carboxylic acids is 1. The van der Waals surface area contributed by atoms with Gasteiger partial charge in [-0.05, 0) is 42.5 Å². The molecule has 0 aromatic heterocycles. The highest BCUT2D eigenvalue weighted by Crippen LogP contribution is 2.11. The first-order valence-corrected chi connectivity index (χ1v) is 11.4. The molecule has 0 aliphatic carbocycles. The highest BCUT2D eigenvalue weighted by atomic mass is 32.2. The summed E-state index contributed by atoms with van der Waals surface area (Å²) in [5.41, 5.74) is 6.70. The van der Waals surface area contributed by atoms with Gasteiger partial charge in [-0.15, -0.1) is 0 Å². The van der Waals surface area contributed by atoms with Crippen molar-refractivity contribution in [2.75, 3.05) is 24.3 Å². The number of aromatic hydroxyl groups is 1. The van der Waals surface area contributed by atoms with Crippen molar-refractivity contribution in [3.8, 4) is 5.75 Å². The molecule has 172 valence electrons. The van der Waals surface area contributed by atoms with Gasteiger partial charge in [0.25, 0.3) is 0 Å². The fraction of sp³-hybridized carbons (Fsp3) is 0.474. The number of carboxylic acid groups (broad SMARTS) is 1. The maximum absolute atomic E-state index is 12.5. The van der Waals surface area contributed by atoms with Crippen LogP contribution in [0.5, 0.6) is 5.75 Å². The topological polar surface area (TPSA) is 171 Å². The number of nitrogens with two attached hydrogens (primary N) is 1. The molecule has 10 nitrogen and oxygen atoms in total. The van der Waals surface area contributed by atoms with Gasteiger partial charge < -0.3 is 31.9 Å². The molecule has 3 unspecified atom stereocenters. The van der Waals surface area contributed by atoms with E-state index in [0.29, 0.717) is 12.2 Å². The van der Waals surface area contributed by atoms with E-state index < -0.39 is 48.4 Å². The number of thioether (sulfide) groups is 1. The Labute approximate surface area is 190 Å². The van der Waals surface area contributed by atoms with Crippen molar-refractivity contribution in [3.63, 3.8) is 0 Å². The number of amides is 3. The van der Waals surface area contributed by atoms with Gasteiger partial charge in [-0.2, -0.15) is 24.4 Å². The van der Waals surface area contributed by atoms with Gasteiger partial charge in [-0.1, -0.05) is 12.1 Å². The number of hydrogen-bond acceptors (Lipinski definition) is 8. The van der Waals surface area contributed by atoms with Crippen molar-refractivity contribution >= 4 is 48.1 Å². The maximum Gasteiger partial charge on any atom is 0.327 e. The zero-order valence-corrected chi connectivity index (χ0v) is 18.7. The summed E-state index contributed by atoms with van der Waals surface area (Å²) in [5.74, 6) is -2.44. The molecule has 0 saturated heterocycles. The van der Waals surface area contributed by atoms with Crippen molar-refractivity contribution in [2.24, 2.45) is 5.73 Å². The van der Waals surface area contributed by atoms with E-state index >= 15 is 0 Å². The van der Waals surface area contributed by atoms with E-state index in [2.05, 4.69) is 28.6 Å². The second-order valence-electron chi connectivity index (χ2n) is 6.68. The zero-order chi connectivity index (χ0) is 23.4. The van der Waals surface area contributed by atoms with E-state index in [-0.39, 0.29) is 17.9 Å². The monoisotopic (exact) mass is 472 g/mol. The number of phenolic OH excluding ortho intramolecular Hbond substituents is 1. The van der Waals surface area contributed by atoms with Crippen molar-refractivity contribution in [1.82, 2.24) is 16.0 Å². The molecule has 3 amide bonds. The SMILES string of the molecule is CSCCC(NC(=O)C(N)Cc1ccc(O)cc1)C(=O)NCC(=O)NC(CS)C(=O)O. The molecule has 12 heteroatoms. The predicted octanol–water partition coefficient (Wildman–Crippen LogP) is -0.885. The third-order valence-corrected chi connectivity index (χ3v) is 5.22. The molecule has 0 heterocycles. The number of phenols is 1. The summed E-state index contributed by atoms with van der Waals surface area (Å²) in [6.45, 7) is -0.443. The zero-order valence-electron chi connectivity index (χ0n) is 17.0. The largest absolute Gasteiger partial charge is 0.508 e. The van der Waals surface area contributed by atoms with Crippen LogP contribution in [0.1, 0.15) is 12.0 Å². The summed E-state index contributed by atoms with van der Waals surface area (Å²) < 4.78 is 0. The fourth-order valence-electron chi connectivity index (χ4n) is 2.48. The van der Waals surface area contributed by atoms with E-state index in [1.54, 1.807) is 12.1 Å². The van der Waals surface area contributed by atoms with Gasteiger partial charge in [-0.3, -0.25) is 14.4 Å². The Balaban J connectivity index is 2.64. The molecule has 0 fully saturated rings. The lowest BCUT2D eigenvalue weighted by molar-refractivity contribution is -0.141. The molecule has 1 rings (SSSR count). The van der Waals surface area contributed by atoms with Crippen LogP contribution in [0.4, 0.5) is 0 Å². The summed E-state index contributed by atoms with van der Waals surface area (Å²) in [6.07, 6.45) is 2.39. The third-order valence-electron chi connectivity index (χ3n) is 4.21. The van der Waals surface area contributed by atoms with Gasteiger partial charge >= 0.3 is 5.97 Å². The van der Waals surface area contributed by atoms with Crippen molar-refractivity contribution in [2.45, 2.75) is 31.0 Å². The Morgan fingerprint density at radius 3 is 2.29 bits per heavy atom. The molecule has 7 N–H and O–H groups in total. The molecule has 31 heavy (non-hydrogen) atoms. The van der Waals surface area contributed by atoms with E-state index in [1.165, 1.54) is 23.9 Å². The van der Waals surface area contributed by atoms with Gasteiger partial charge in [-0.25, -0.2) is 4.79 Å². The van der Waals surface area contributed by atoms with E-state index in [4.69, 9.17) is 10.8 Å². The van der Waals surface area contributed by atoms with E-state index in [9.17, 15) is 24.3 Å². The van der Waals surface area contributed by atoms with Crippen LogP contribution in [-0.2, 0) is 25.6 Å². The lowest BCUT2D eigenvalue weighted by atomic mass is 10.1. The summed E-state index contributed by atoms with van der Waals surface area (Å²) in [6, 6.07) is 3.29. The minimum absolute atomic E-state index is 0.0969. The molecule has 0 aliphatic rings. The van der Waals surface area contributed by atoms with Crippen LogP contribution < -0.4 is 21.7 Å². The Morgan fingerprint density at radius 2 is 1.74 bits per heavy atom. The Hall–Kier alpha value is -2.44. The molecule has 0 bridgehead atoms. The second-order valence-corrected chi connectivity index (χ2v) is 8.03. The summed E-state index contributed by atoms with van der Waals surface area (Å²) in [4.78, 5) is 47.7. The standard InChI is InChI=1S/C19H28N4O6S2/c1-31-7-6-14(18(27)21-9-16(25)22-15(10-30)19(28)29)23-17(26)13(20)8-11-2-4-12(24)5-3-11/h2-5,13-15,24,30H,6-10,20H2,1H3,(H,21,27)(H,22,25)(H,23,26)(H,28,29). The molecule has 3 atom stereocenters. The molecule has 0 spiro atoms. The van der Waals surface area contributed by atoms with Crippen LogP contribution in [-0.4, -0.2) is 76.3 Å². The van der Waals surface area contributed by atoms with Crippen LogP contribution in [0.2, 0.25) is 0 Å². The van der Waals surface area contributed by atoms with Crippen LogP contribution in [0.3, 0.4) is 0 Å². The number of thiol groups is 1. The molecular weight excluding hydrogens is 444 g/mol. The van der Waals surface area contributed by atoms with Gasteiger partial charge in [0.1, 0.15) is 17.8 Å². The Kier molecular flexibility index (Phi) is 11.8. The molecule has 0 saturated carbocycles. The van der Waals surface area contributed by atoms with Crippen LogP contribution >= 0.6 is 24.4 Å². The number of benzene rings is 1. The first-order chi connectivity index (χ1) is 14.7. The van der Waals surface area contributed by atoms with E-state index in [0.717, 1.165) is 5.56 Å². The minimum Gasteiger partial charge on any atom is -0.508 e. The molecule has 1 aromatic rings. The Bertz CT molecular complexity index is 762. The highest BCUT2D eigenvalue weighted by Gasteiger charge is 2.25. The maximum atomic E-state index is 12.5. The average molecular weight is 473 g/mol. The van der Waals surface area contributed by atoms with Crippen molar-refractivity contribution < 1.29 is 29.4 Å². The first-order valence-electron chi connectivity index (χ1n) is 9.41. The lowest BCUT2D eigenvalue weighted by Crippen LogP contribution is -2.54. The molecule has 0 radical (unpaired) electrons. The van der Waals surface area contributed by atoms with Crippen molar-refractivity contribution in [3.05, 3.63) is 29.8 Å². The highest BCUT2D eigenvalue weighted by molar-refractivity contribution is 7.98. The predicted molar refractivity (Wildman–Crippen MR) is 121 cm³/mol. The second kappa shape index (κ2) is 13.8. The summed E-state index contributed by atoms with van der Waals surface area (Å²) in [5, 5.41) is 25.5. The Morgan fingerprint density at radius 1 is 1.10 bits per heavy atom. The number of carboxylic acids is 1. The number of carbonyl (C=O) groups is 4. The average Bonchev–Trinajstić information content (AvgIpc) is 2.74. The van der Waals surface area contributed by atoms with E-state index in [1.807, 2.05) is 6.26 Å². The normalized spacial score (nSPS) is 13.5. The quantitative estimate of drug-likeness (QED) is 0.181. The van der Waals surface area contributed by atoms with Crippen LogP contribution in [0.25, 0.3) is 0 Å². The third kappa shape index (κ3) is 9.94. The number of rotatable bonds is 13. The number of nitrogens with one attached hydrogen (secondary N) is 3. The summed E-state index contributed by atoms with van der Waals surface area (Å²) >= 11 is 5.34. The van der Waals surface area contributed by atoms with Gasteiger partial charge in [0, 0.05) is 5.75 Å². The molecule has 1 aromatic carbocycles. The van der Waals surface area contributed by atoms with Crippen LogP contribution in [0.15, 0.2) is 24.3 Å². The molecule has 0 aliphatic heterocycles.